The summed E-state index contributed by atoms with van der Waals surface area (Å²) in [5.41, 5.74) is -2.70. The van der Waals surface area contributed by atoms with Crippen LogP contribution >= 0.6 is 0 Å². The smallest absolute Gasteiger partial charge is 0.338 e. The number of carbonyl (C=O) groups is 2. The second-order valence-electron chi connectivity index (χ2n) is 4.70. The van der Waals surface area contributed by atoms with Gasteiger partial charge in [0.25, 0.3) is 0 Å². The lowest BCUT2D eigenvalue weighted by Crippen LogP contribution is -2.24. The van der Waals surface area contributed by atoms with Gasteiger partial charge in [0.05, 0.1) is 18.9 Å². The summed E-state index contributed by atoms with van der Waals surface area (Å²) in [6, 6.07) is 1.85. The van der Waals surface area contributed by atoms with Crippen molar-refractivity contribution in [3.63, 3.8) is 0 Å². The average Bonchev–Trinajstić information content (AvgIpc) is 2.41. The summed E-state index contributed by atoms with van der Waals surface area (Å²) in [6.07, 6.45) is -0.547. The van der Waals surface area contributed by atoms with E-state index in [1.807, 2.05) is 6.07 Å². The molecule has 0 heterocycles. The minimum atomic E-state index is -1.36. The molecule has 2 atom stereocenters. The number of carboxylic acid groups (broad SMARTS) is 2. The summed E-state index contributed by atoms with van der Waals surface area (Å²) in [6.45, 7) is 9.87. The molecular weight excluding hydrogens is 264 g/mol. The zero-order valence-corrected chi connectivity index (χ0v) is 11.3. The maximum Gasteiger partial charge on any atom is 0.338 e. The van der Waals surface area contributed by atoms with Crippen LogP contribution in [0, 0.1) is 17.9 Å². The Morgan fingerprint density at radius 3 is 2.10 bits per heavy atom. The quantitative estimate of drug-likeness (QED) is 0.519. The van der Waals surface area contributed by atoms with Gasteiger partial charge < -0.3 is 10.2 Å². The van der Waals surface area contributed by atoms with E-state index in [2.05, 4.69) is 15.1 Å². The highest BCUT2D eigenvalue weighted by molar-refractivity contribution is 5.67. The Morgan fingerprint density at radius 2 is 1.70 bits per heavy atom. The van der Waals surface area contributed by atoms with Gasteiger partial charge in [-0.15, -0.1) is 5.11 Å². The Labute approximate surface area is 116 Å². The first kappa shape index (κ1) is 17.5. The molecule has 0 aliphatic carbocycles. The minimum absolute atomic E-state index is 0.0320. The predicted octanol–water partition coefficient (Wildman–Crippen LogP) is 2.09. The molecular formula is C12H16N4O4. The van der Waals surface area contributed by atoms with Crippen LogP contribution in [0.1, 0.15) is 39.5 Å². The zero-order chi connectivity index (χ0) is 15.8. The molecule has 0 aromatic carbocycles. The van der Waals surface area contributed by atoms with E-state index < -0.39 is 23.1 Å². The standard InChI is InChI=1S/C12H16N4O4/c1-11(8-13,6-4-9(17)18)15-16-12(2,14-3)7-5-10(19)20/h4-7H2,1-2H3,(H,17,18)(H,19,20)/b16-15+. The van der Waals surface area contributed by atoms with Gasteiger partial charge in [-0.25, -0.2) is 6.57 Å². The van der Waals surface area contributed by atoms with Crippen LogP contribution in [0.15, 0.2) is 10.2 Å². The van der Waals surface area contributed by atoms with E-state index in [0.29, 0.717) is 0 Å². The minimum Gasteiger partial charge on any atom is -0.481 e. The second kappa shape index (κ2) is 7.19. The van der Waals surface area contributed by atoms with E-state index in [4.69, 9.17) is 22.0 Å². The molecule has 0 radical (unpaired) electrons. The van der Waals surface area contributed by atoms with Gasteiger partial charge in [-0.05, 0) is 13.3 Å². The largest absolute Gasteiger partial charge is 0.481 e. The molecule has 0 aliphatic heterocycles. The monoisotopic (exact) mass is 280 g/mol. The van der Waals surface area contributed by atoms with Gasteiger partial charge in [-0.2, -0.15) is 10.4 Å². The van der Waals surface area contributed by atoms with Gasteiger partial charge in [-0.3, -0.25) is 14.4 Å². The Kier molecular flexibility index (Phi) is 6.30. The Hall–Kier alpha value is -2.48. The topological polar surface area (TPSA) is 127 Å². The summed E-state index contributed by atoms with van der Waals surface area (Å²) in [4.78, 5) is 24.2. The first-order valence-corrected chi connectivity index (χ1v) is 5.84. The van der Waals surface area contributed by atoms with Crippen molar-refractivity contribution in [3.8, 4) is 6.07 Å². The summed E-state index contributed by atoms with van der Waals surface area (Å²) in [5, 5.41) is 33.7. The van der Waals surface area contributed by atoms with Crippen molar-refractivity contribution in [2.45, 2.75) is 50.7 Å². The lowest BCUT2D eigenvalue weighted by molar-refractivity contribution is -0.138. The van der Waals surface area contributed by atoms with Gasteiger partial charge in [0.1, 0.15) is 0 Å². The van der Waals surface area contributed by atoms with E-state index in [-0.39, 0.29) is 25.7 Å². The predicted molar refractivity (Wildman–Crippen MR) is 67.6 cm³/mol. The summed E-state index contributed by atoms with van der Waals surface area (Å²) in [5.74, 6) is -2.11. The molecule has 0 fully saturated rings. The molecule has 0 saturated heterocycles. The van der Waals surface area contributed by atoms with Crippen molar-refractivity contribution >= 4 is 11.9 Å². The molecule has 2 unspecified atom stereocenters. The number of carboxylic acids is 2. The Bertz CT molecular complexity index is 447. The maximum atomic E-state index is 10.5. The SMILES string of the molecule is [C-]#[N+]C(C)(CCC(=O)O)/N=N/C(C)(C#N)CCC(=O)O. The van der Waals surface area contributed by atoms with Gasteiger partial charge in [0, 0.05) is 13.3 Å². The summed E-state index contributed by atoms with van der Waals surface area (Å²) < 4.78 is 0. The number of azo groups is 1. The number of nitriles is 1. The highest BCUT2D eigenvalue weighted by atomic mass is 16.4. The fourth-order valence-corrected chi connectivity index (χ4v) is 1.17. The Balaban J connectivity index is 4.92. The van der Waals surface area contributed by atoms with Crippen LogP contribution in [0.3, 0.4) is 0 Å². The number of aliphatic carboxylic acids is 2. The molecule has 20 heavy (non-hydrogen) atoms. The molecule has 0 rings (SSSR count). The number of nitrogens with zero attached hydrogens (tertiary/aromatic N) is 4. The lowest BCUT2D eigenvalue weighted by Gasteiger charge is -2.16. The van der Waals surface area contributed by atoms with Crippen LogP contribution in [0.25, 0.3) is 4.85 Å². The van der Waals surface area contributed by atoms with E-state index >= 15 is 0 Å². The van der Waals surface area contributed by atoms with E-state index in [0.717, 1.165) is 0 Å². The maximum absolute atomic E-state index is 10.5. The molecule has 8 heteroatoms. The zero-order valence-electron chi connectivity index (χ0n) is 11.3. The van der Waals surface area contributed by atoms with Crippen LogP contribution in [-0.2, 0) is 9.59 Å². The molecule has 108 valence electrons. The molecule has 0 aliphatic rings. The van der Waals surface area contributed by atoms with Crippen LogP contribution in [0.5, 0.6) is 0 Å². The van der Waals surface area contributed by atoms with Gasteiger partial charge >= 0.3 is 17.6 Å². The van der Waals surface area contributed by atoms with Crippen LogP contribution in [-0.4, -0.2) is 33.4 Å². The molecule has 0 bridgehead atoms. The highest BCUT2D eigenvalue weighted by Gasteiger charge is 2.33. The third kappa shape index (κ3) is 6.45. The third-order valence-electron chi connectivity index (χ3n) is 2.61. The third-order valence-corrected chi connectivity index (χ3v) is 2.61. The first-order valence-electron chi connectivity index (χ1n) is 5.84. The van der Waals surface area contributed by atoms with E-state index in [1.165, 1.54) is 13.8 Å². The van der Waals surface area contributed by atoms with E-state index in [1.54, 1.807) is 0 Å². The molecule has 2 N–H and O–H groups in total. The van der Waals surface area contributed by atoms with Gasteiger partial charge in [-0.1, -0.05) is 0 Å². The number of rotatable bonds is 8. The molecule has 0 aromatic rings. The van der Waals surface area contributed by atoms with Crippen LogP contribution in [0.4, 0.5) is 0 Å². The summed E-state index contributed by atoms with van der Waals surface area (Å²) in [7, 11) is 0. The van der Waals surface area contributed by atoms with Gasteiger partial charge in [0.15, 0.2) is 5.54 Å². The van der Waals surface area contributed by atoms with E-state index in [9.17, 15) is 9.59 Å². The first-order chi connectivity index (χ1) is 9.16. The average molecular weight is 280 g/mol. The van der Waals surface area contributed by atoms with Gasteiger partial charge in [0.2, 0.25) is 0 Å². The fourth-order valence-electron chi connectivity index (χ4n) is 1.17. The molecule has 0 amide bonds. The normalized spacial score (nSPS) is 16.6. The van der Waals surface area contributed by atoms with Crippen molar-refractivity contribution in [2.75, 3.05) is 0 Å². The lowest BCUT2D eigenvalue weighted by atomic mass is 9.99. The fraction of sp³-hybridized carbons (Fsp3) is 0.667. The molecule has 0 saturated carbocycles. The molecule has 0 aromatic heterocycles. The van der Waals surface area contributed by atoms with Crippen LogP contribution < -0.4 is 0 Å². The van der Waals surface area contributed by atoms with Crippen molar-refractivity contribution < 1.29 is 19.8 Å². The molecule has 8 nitrogen and oxygen atoms in total. The van der Waals surface area contributed by atoms with Crippen molar-refractivity contribution in [2.24, 2.45) is 10.2 Å². The molecule has 0 spiro atoms. The van der Waals surface area contributed by atoms with Crippen molar-refractivity contribution in [1.29, 1.82) is 5.26 Å². The number of hydrogen-bond donors (Lipinski definition) is 2. The highest BCUT2D eigenvalue weighted by Crippen LogP contribution is 2.24. The Morgan fingerprint density at radius 1 is 1.20 bits per heavy atom. The number of hydrogen-bond acceptors (Lipinski definition) is 5. The van der Waals surface area contributed by atoms with Crippen molar-refractivity contribution in [3.05, 3.63) is 11.4 Å². The second-order valence-corrected chi connectivity index (χ2v) is 4.70. The van der Waals surface area contributed by atoms with Crippen molar-refractivity contribution in [1.82, 2.24) is 0 Å². The summed E-state index contributed by atoms with van der Waals surface area (Å²) >= 11 is 0. The van der Waals surface area contributed by atoms with Crippen LogP contribution in [0.2, 0.25) is 0 Å².